The maximum Gasteiger partial charge on any atom is 0.441 e. The molecule has 7 heteroatoms. The van der Waals surface area contributed by atoms with Gasteiger partial charge in [0.15, 0.2) is 5.79 Å². The third-order valence-corrected chi connectivity index (χ3v) is 2.24. The molecule has 20 heavy (non-hydrogen) atoms. The van der Waals surface area contributed by atoms with Crippen molar-refractivity contribution in [1.82, 2.24) is 0 Å². The number of esters is 1. The van der Waals surface area contributed by atoms with E-state index in [4.69, 9.17) is 15.0 Å². The molecule has 0 fully saturated rings. The minimum atomic E-state index is -1.30. The van der Waals surface area contributed by atoms with E-state index in [2.05, 4.69) is 22.7 Å². The van der Waals surface area contributed by atoms with Gasteiger partial charge in [0, 0.05) is 0 Å². The van der Waals surface area contributed by atoms with Gasteiger partial charge in [0.1, 0.15) is 0 Å². The van der Waals surface area contributed by atoms with E-state index in [9.17, 15) is 9.59 Å². The van der Waals surface area contributed by atoms with E-state index in [1.165, 1.54) is 19.1 Å². The van der Waals surface area contributed by atoms with Crippen LogP contribution in [0.3, 0.4) is 0 Å². The Kier molecular flexibility index (Phi) is 8.00. The molecule has 0 unspecified atom stereocenters. The quantitative estimate of drug-likeness (QED) is 0.113. The van der Waals surface area contributed by atoms with E-state index in [0.717, 1.165) is 7.11 Å². The van der Waals surface area contributed by atoms with Crippen LogP contribution in [0.5, 0.6) is 0 Å². The number of nitrogens with zero attached hydrogens (tertiary/aromatic N) is 2. The van der Waals surface area contributed by atoms with Crippen molar-refractivity contribution in [2.24, 2.45) is 0 Å². The Labute approximate surface area is 117 Å². The van der Waals surface area contributed by atoms with Crippen molar-refractivity contribution in [3.63, 3.8) is 0 Å². The fourth-order valence-corrected chi connectivity index (χ4v) is 1.30. The number of Topliss-reactive ketones (excluding diaryl/α,β-unsaturated/α-hetero) is 1. The molecule has 110 valence electrons. The summed E-state index contributed by atoms with van der Waals surface area (Å²) in [5.41, 5.74) is 7.98. The third-order valence-electron chi connectivity index (χ3n) is 2.24. The summed E-state index contributed by atoms with van der Waals surface area (Å²) in [4.78, 5) is 25.8. The molecule has 7 nitrogen and oxygen atoms in total. The molecule has 0 N–H and O–H groups in total. The Morgan fingerprint density at radius 2 is 1.75 bits per heavy atom. The Bertz CT molecular complexity index is 426. The summed E-state index contributed by atoms with van der Waals surface area (Å²) in [5.74, 6) is -3.11. The first kappa shape index (κ1) is 17.9. The van der Waals surface area contributed by atoms with Gasteiger partial charge in [-0.1, -0.05) is 12.2 Å². The van der Waals surface area contributed by atoms with Crippen LogP contribution in [0.1, 0.15) is 13.3 Å². The smallest absolute Gasteiger partial charge is 0.441 e. The number of carbonyl (C=O) groups excluding carboxylic acids is 2. The van der Waals surface area contributed by atoms with E-state index in [1.54, 1.807) is 0 Å². The fraction of sp³-hybridized carbons (Fsp3) is 0.462. The van der Waals surface area contributed by atoms with Crippen LogP contribution in [0, 0.1) is 0 Å². The highest BCUT2D eigenvalue weighted by Crippen LogP contribution is 2.18. The van der Waals surface area contributed by atoms with Gasteiger partial charge in [-0.05, 0) is 6.92 Å². The zero-order valence-electron chi connectivity index (χ0n) is 11.6. The van der Waals surface area contributed by atoms with E-state index >= 15 is 0 Å². The maximum absolute atomic E-state index is 11.9. The summed E-state index contributed by atoms with van der Waals surface area (Å²) in [7, 11) is 1.07. The molecule has 0 amide bonds. The van der Waals surface area contributed by atoms with Gasteiger partial charge in [0.05, 0.1) is 26.7 Å². The van der Waals surface area contributed by atoms with Crippen LogP contribution in [0.25, 0.3) is 5.53 Å². The van der Waals surface area contributed by atoms with Crippen molar-refractivity contribution < 1.29 is 28.6 Å². The second-order valence-electron chi connectivity index (χ2n) is 3.87. The second-order valence-corrected chi connectivity index (χ2v) is 3.87. The number of hydrogen-bond acceptors (Lipinski definition) is 5. The van der Waals surface area contributed by atoms with Crippen molar-refractivity contribution >= 4 is 17.5 Å². The van der Waals surface area contributed by atoms with Crippen molar-refractivity contribution in [3.8, 4) is 0 Å². The average Bonchev–Trinajstić information content (AvgIpc) is 2.43. The van der Waals surface area contributed by atoms with Crippen molar-refractivity contribution in [1.29, 1.82) is 0 Å². The van der Waals surface area contributed by atoms with Crippen LogP contribution in [0.4, 0.5) is 0 Å². The van der Waals surface area contributed by atoms with Crippen LogP contribution in [-0.4, -0.2) is 48.4 Å². The molecule has 0 aliphatic rings. The van der Waals surface area contributed by atoms with Crippen LogP contribution in [0.15, 0.2) is 25.3 Å². The predicted molar refractivity (Wildman–Crippen MR) is 71.0 cm³/mol. The van der Waals surface area contributed by atoms with Crippen LogP contribution in [-0.2, 0) is 23.8 Å². The third kappa shape index (κ3) is 5.71. The zero-order valence-corrected chi connectivity index (χ0v) is 11.6. The first-order valence-corrected chi connectivity index (χ1v) is 5.77. The molecule has 0 heterocycles. The van der Waals surface area contributed by atoms with Crippen LogP contribution < -0.4 is 0 Å². The molecule has 0 saturated carbocycles. The first-order valence-electron chi connectivity index (χ1n) is 5.77. The largest absolute Gasteiger partial charge is 0.460 e. The number of ether oxygens (including phenoxy) is 3. The molecule has 0 radical (unpaired) electrons. The molecule has 0 aliphatic carbocycles. The molecule has 0 aliphatic heterocycles. The SMILES string of the molecule is C=CCOC(C)(CC(=O)C(=[N+]=[N-])C(=O)OC)OCC=C. The summed E-state index contributed by atoms with van der Waals surface area (Å²) in [5, 5.41) is 0. The lowest BCUT2D eigenvalue weighted by atomic mass is 10.1. The van der Waals surface area contributed by atoms with Gasteiger partial charge in [-0.2, -0.15) is 4.79 Å². The number of ketones is 1. The van der Waals surface area contributed by atoms with Gasteiger partial charge in [0.2, 0.25) is 0 Å². The molecule has 0 atom stereocenters. The summed E-state index contributed by atoms with van der Waals surface area (Å²) < 4.78 is 15.1. The maximum atomic E-state index is 11.9. The monoisotopic (exact) mass is 282 g/mol. The van der Waals surface area contributed by atoms with Crippen molar-refractivity contribution in [3.05, 3.63) is 30.8 Å². The van der Waals surface area contributed by atoms with E-state index < -0.39 is 23.3 Å². The average molecular weight is 282 g/mol. The normalized spacial score (nSPS) is 10.3. The highest BCUT2D eigenvalue weighted by molar-refractivity contribution is 6.62. The molecule has 0 spiro atoms. The Morgan fingerprint density at radius 3 is 2.10 bits per heavy atom. The van der Waals surface area contributed by atoms with Gasteiger partial charge in [-0.25, -0.2) is 4.79 Å². The van der Waals surface area contributed by atoms with Gasteiger partial charge >= 0.3 is 11.7 Å². The van der Waals surface area contributed by atoms with Gasteiger partial charge < -0.3 is 19.7 Å². The number of carbonyl (C=O) groups is 2. The number of methoxy groups -OCH3 is 1. The molecule has 0 saturated heterocycles. The Morgan fingerprint density at radius 1 is 1.25 bits per heavy atom. The highest BCUT2D eigenvalue weighted by Gasteiger charge is 2.38. The molecule has 0 aromatic carbocycles. The lowest BCUT2D eigenvalue weighted by molar-refractivity contribution is -0.215. The predicted octanol–water partition coefficient (Wildman–Crippen LogP) is 0.911. The molecule has 0 aromatic rings. The summed E-state index contributed by atoms with van der Waals surface area (Å²) in [6, 6.07) is 0. The summed E-state index contributed by atoms with van der Waals surface area (Å²) in [6.07, 6.45) is 2.64. The summed E-state index contributed by atoms with van der Waals surface area (Å²) >= 11 is 0. The van der Waals surface area contributed by atoms with Gasteiger partial charge in [-0.3, -0.25) is 4.79 Å². The summed E-state index contributed by atoms with van der Waals surface area (Å²) in [6.45, 7) is 8.79. The van der Waals surface area contributed by atoms with Gasteiger partial charge in [-0.15, -0.1) is 13.2 Å². The van der Waals surface area contributed by atoms with Crippen LogP contribution >= 0.6 is 0 Å². The van der Waals surface area contributed by atoms with E-state index in [-0.39, 0.29) is 19.6 Å². The molecular formula is C13H18N2O5. The number of hydrogen-bond donors (Lipinski definition) is 0. The van der Waals surface area contributed by atoms with Crippen molar-refractivity contribution in [2.45, 2.75) is 19.1 Å². The fourth-order valence-electron chi connectivity index (χ4n) is 1.30. The van der Waals surface area contributed by atoms with E-state index in [0.29, 0.717) is 0 Å². The zero-order chi connectivity index (χ0) is 15.6. The Hall–Kier alpha value is -2.08. The minimum Gasteiger partial charge on any atom is -0.460 e. The molecular weight excluding hydrogens is 264 g/mol. The molecule has 0 rings (SSSR count). The lowest BCUT2D eigenvalue weighted by Crippen LogP contribution is -2.39. The van der Waals surface area contributed by atoms with Crippen molar-refractivity contribution in [2.75, 3.05) is 20.3 Å². The lowest BCUT2D eigenvalue weighted by Gasteiger charge is -2.27. The van der Waals surface area contributed by atoms with Gasteiger partial charge in [0.25, 0.3) is 5.78 Å². The number of rotatable bonds is 10. The second kappa shape index (κ2) is 8.92. The standard InChI is InChI=1S/C13H18N2O5/c1-5-7-19-13(3,20-8-6-2)9-10(16)11(15-14)12(17)18-4/h5-6H,1-2,7-9H2,3-4H3. The molecule has 0 aromatic heterocycles. The first-order chi connectivity index (χ1) is 9.44. The van der Waals surface area contributed by atoms with Crippen LogP contribution in [0.2, 0.25) is 0 Å². The Balaban J connectivity index is 4.99. The topological polar surface area (TPSA) is 98.2 Å². The molecule has 0 bridgehead atoms. The van der Waals surface area contributed by atoms with E-state index in [1.807, 2.05) is 0 Å². The highest BCUT2D eigenvalue weighted by atomic mass is 16.7. The minimum absolute atomic E-state index is 0.144.